The van der Waals surface area contributed by atoms with Crippen LogP contribution in [0, 0.1) is 0 Å². The van der Waals surface area contributed by atoms with Crippen LogP contribution in [0.25, 0.3) is 11.1 Å². The molecule has 0 fully saturated rings. The van der Waals surface area contributed by atoms with Gasteiger partial charge in [-0.05, 0) is 23.6 Å². The van der Waals surface area contributed by atoms with E-state index in [4.69, 9.17) is 21.4 Å². The number of rotatable bonds is 8. The van der Waals surface area contributed by atoms with Crippen molar-refractivity contribution in [1.29, 1.82) is 0 Å². The van der Waals surface area contributed by atoms with Gasteiger partial charge in [0.05, 0.1) is 13.5 Å². The van der Waals surface area contributed by atoms with E-state index in [0.717, 1.165) is 22.4 Å². The number of hydrazine groups is 2. The van der Waals surface area contributed by atoms with Gasteiger partial charge in [0.2, 0.25) is 0 Å². The number of carboxylic acid groups (broad SMARTS) is 1. The van der Waals surface area contributed by atoms with Gasteiger partial charge in [0.25, 0.3) is 0 Å². The molecule has 1 unspecified atom stereocenters. The number of nitrogens with one attached hydrogen (secondary N) is 3. The summed E-state index contributed by atoms with van der Waals surface area (Å²) in [5.74, 6) is 3.87. The van der Waals surface area contributed by atoms with Gasteiger partial charge in [-0.1, -0.05) is 42.5 Å². The molecule has 0 heterocycles. The lowest BCUT2D eigenvalue weighted by atomic mass is 9.99. The SMILES string of the molecule is COc1ccccc1-c1ccc(CC(CC(=O)O)NC(=O)C(N)=[NH+]NN)cc1. The number of carbonyl (C=O) groups is 2. The average Bonchev–Trinajstić information content (AvgIpc) is 2.68. The highest BCUT2D eigenvalue weighted by molar-refractivity contribution is 6.34. The van der Waals surface area contributed by atoms with Gasteiger partial charge in [-0.25, -0.2) is 5.84 Å². The Morgan fingerprint density at radius 3 is 2.46 bits per heavy atom. The summed E-state index contributed by atoms with van der Waals surface area (Å²) >= 11 is 0. The monoisotopic (exact) mass is 386 g/mol. The number of carboxylic acids is 1. The van der Waals surface area contributed by atoms with Gasteiger partial charge in [0.15, 0.2) is 0 Å². The topological polar surface area (TPSA) is 154 Å². The number of methoxy groups -OCH3 is 1. The second kappa shape index (κ2) is 9.93. The van der Waals surface area contributed by atoms with Gasteiger partial charge in [0, 0.05) is 11.6 Å². The van der Waals surface area contributed by atoms with Crippen molar-refractivity contribution in [2.45, 2.75) is 18.9 Å². The first-order valence-electron chi connectivity index (χ1n) is 8.53. The Balaban J connectivity index is 2.15. The number of hydrogen-bond donors (Lipinski definition) is 6. The first-order chi connectivity index (χ1) is 13.4. The molecule has 0 aliphatic carbocycles. The Labute approximate surface area is 162 Å². The van der Waals surface area contributed by atoms with Crippen LogP contribution < -0.4 is 32.3 Å². The molecule has 0 saturated heterocycles. The number of benzene rings is 2. The van der Waals surface area contributed by atoms with Crippen molar-refractivity contribution in [3.63, 3.8) is 0 Å². The van der Waals surface area contributed by atoms with Crippen molar-refractivity contribution in [2.24, 2.45) is 11.6 Å². The minimum atomic E-state index is -1.03. The van der Waals surface area contributed by atoms with Crippen molar-refractivity contribution in [3.05, 3.63) is 54.1 Å². The summed E-state index contributed by atoms with van der Waals surface area (Å²) in [4.78, 5) is 23.1. The smallest absolute Gasteiger partial charge is 0.355 e. The summed E-state index contributed by atoms with van der Waals surface area (Å²) in [6.45, 7) is 0. The van der Waals surface area contributed by atoms with E-state index in [-0.39, 0.29) is 12.3 Å². The molecule has 1 amide bonds. The van der Waals surface area contributed by atoms with Crippen LogP contribution in [0.3, 0.4) is 0 Å². The molecule has 2 aromatic carbocycles. The fourth-order valence-electron chi connectivity index (χ4n) is 2.77. The number of para-hydroxylation sites is 1. The molecule has 1 atom stereocenters. The molecule has 0 spiro atoms. The first kappa shape index (κ1) is 20.7. The summed E-state index contributed by atoms with van der Waals surface area (Å²) in [5, 5.41) is 14.0. The molecule has 0 bridgehead atoms. The lowest BCUT2D eigenvalue weighted by Gasteiger charge is -2.16. The van der Waals surface area contributed by atoms with Crippen LogP contribution in [0.4, 0.5) is 0 Å². The molecule has 28 heavy (non-hydrogen) atoms. The number of nitrogens with two attached hydrogens (primary N) is 2. The largest absolute Gasteiger partial charge is 0.496 e. The Kier molecular flexibility index (Phi) is 7.35. The molecule has 2 aromatic rings. The Bertz CT molecular complexity index is 852. The van der Waals surface area contributed by atoms with Crippen LogP contribution in [-0.4, -0.2) is 36.0 Å². The number of ether oxygens (including phenoxy) is 1. The molecule has 0 aromatic heterocycles. The van der Waals surface area contributed by atoms with Gasteiger partial charge in [-0.15, -0.1) is 0 Å². The molecule has 9 nitrogen and oxygen atoms in total. The van der Waals surface area contributed by atoms with E-state index in [0.29, 0.717) is 6.42 Å². The third kappa shape index (κ3) is 5.71. The van der Waals surface area contributed by atoms with E-state index in [1.165, 1.54) is 0 Å². The molecule has 9 heteroatoms. The van der Waals surface area contributed by atoms with Gasteiger partial charge >= 0.3 is 17.7 Å². The minimum absolute atomic E-state index is 0.247. The van der Waals surface area contributed by atoms with E-state index in [2.05, 4.69) is 10.4 Å². The second-order valence-electron chi connectivity index (χ2n) is 6.05. The fourth-order valence-corrected chi connectivity index (χ4v) is 2.77. The predicted molar refractivity (Wildman–Crippen MR) is 104 cm³/mol. The summed E-state index contributed by atoms with van der Waals surface area (Å²) < 4.78 is 5.38. The quantitative estimate of drug-likeness (QED) is 0.142. The number of carbonyl (C=O) groups excluding carboxylic acids is 1. The molecule has 8 N–H and O–H groups in total. The van der Waals surface area contributed by atoms with Crippen molar-refractivity contribution in [2.75, 3.05) is 7.11 Å². The zero-order valence-corrected chi connectivity index (χ0v) is 15.4. The maximum Gasteiger partial charge on any atom is 0.355 e. The van der Waals surface area contributed by atoms with Crippen molar-refractivity contribution < 1.29 is 24.5 Å². The van der Waals surface area contributed by atoms with Crippen LogP contribution >= 0.6 is 0 Å². The van der Waals surface area contributed by atoms with Crippen LogP contribution in [-0.2, 0) is 16.0 Å². The molecule has 0 aliphatic heterocycles. The number of hydrazone groups is 1. The van der Waals surface area contributed by atoms with Crippen LogP contribution in [0.5, 0.6) is 5.75 Å². The third-order valence-electron chi connectivity index (χ3n) is 4.06. The van der Waals surface area contributed by atoms with E-state index in [1.54, 1.807) is 7.11 Å². The van der Waals surface area contributed by atoms with Gasteiger partial charge in [0.1, 0.15) is 5.75 Å². The number of amides is 1. The lowest BCUT2D eigenvalue weighted by Crippen LogP contribution is -2.89. The zero-order chi connectivity index (χ0) is 20.5. The highest BCUT2D eigenvalue weighted by Gasteiger charge is 2.21. The fraction of sp³-hybridized carbons (Fsp3) is 0.211. The maximum atomic E-state index is 12.0. The van der Waals surface area contributed by atoms with Crippen LogP contribution in [0.2, 0.25) is 0 Å². The predicted octanol–water partition coefficient (Wildman–Crippen LogP) is -1.32. The van der Waals surface area contributed by atoms with Gasteiger partial charge in [-0.3, -0.25) is 15.3 Å². The van der Waals surface area contributed by atoms with Crippen molar-refractivity contribution in [3.8, 4) is 16.9 Å². The summed E-state index contributed by atoms with van der Waals surface area (Å²) in [7, 11) is 1.62. The molecule has 0 saturated carbocycles. The highest BCUT2D eigenvalue weighted by atomic mass is 16.5. The van der Waals surface area contributed by atoms with Gasteiger partial charge in [-0.2, -0.15) is 10.6 Å². The van der Waals surface area contributed by atoms with Crippen molar-refractivity contribution >= 4 is 17.7 Å². The molecule has 2 rings (SSSR count). The normalized spacial score (nSPS) is 12.1. The molecular formula is C19H24N5O4+. The van der Waals surface area contributed by atoms with E-state index < -0.39 is 17.9 Å². The maximum absolute atomic E-state index is 12.0. The molecular weight excluding hydrogens is 362 g/mol. The third-order valence-corrected chi connectivity index (χ3v) is 4.06. The Morgan fingerprint density at radius 1 is 1.18 bits per heavy atom. The summed E-state index contributed by atoms with van der Waals surface area (Å²) in [6.07, 6.45) is 0.0803. The average molecular weight is 386 g/mol. The Morgan fingerprint density at radius 2 is 1.86 bits per heavy atom. The number of hydrogen-bond acceptors (Lipinski definition) is 5. The molecule has 0 aliphatic rings. The standard InChI is InChI=1S/C19H23N5O4/c1-28-16-5-3-2-4-15(16)13-8-6-12(7-9-13)10-14(11-17(25)26)22-19(27)18(20)23-24-21/h2-9,14,24H,10-11,21H2,1H3,(H2,20,23)(H,22,27)(H,25,26)/p+1. The van der Waals surface area contributed by atoms with Gasteiger partial charge < -0.3 is 15.2 Å². The van der Waals surface area contributed by atoms with E-state index >= 15 is 0 Å². The first-order valence-corrected chi connectivity index (χ1v) is 8.53. The highest BCUT2D eigenvalue weighted by Crippen LogP contribution is 2.29. The van der Waals surface area contributed by atoms with E-state index in [1.807, 2.05) is 54.1 Å². The summed E-state index contributed by atoms with van der Waals surface area (Å²) in [6, 6.07) is 14.6. The number of aliphatic carboxylic acids is 1. The molecule has 148 valence electrons. The van der Waals surface area contributed by atoms with Crippen molar-refractivity contribution in [1.82, 2.24) is 10.9 Å². The minimum Gasteiger partial charge on any atom is -0.496 e. The zero-order valence-electron chi connectivity index (χ0n) is 15.4. The summed E-state index contributed by atoms with van der Waals surface area (Å²) in [5.41, 5.74) is 10.3. The van der Waals surface area contributed by atoms with E-state index in [9.17, 15) is 9.59 Å². The second-order valence-corrected chi connectivity index (χ2v) is 6.05. The van der Waals surface area contributed by atoms with Crippen LogP contribution in [0.15, 0.2) is 48.5 Å². The Hall–Kier alpha value is -3.59. The lowest BCUT2D eigenvalue weighted by molar-refractivity contribution is -0.528. The molecule has 0 radical (unpaired) electrons. The number of amidine groups is 1. The van der Waals surface area contributed by atoms with Crippen LogP contribution in [0.1, 0.15) is 12.0 Å².